The van der Waals surface area contributed by atoms with Crippen LogP contribution in [0.5, 0.6) is 0 Å². The van der Waals surface area contributed by atoms with E-state index in [1.807, 2.05) is 0 Å². The second-order valence-electron chi connectivity index (χ2n) is 5.29. The highest BCUT2D eigenvalue weighted by Crippen LogP contribution is 2.61. The maximum absolute atomic E-state index is 2.45. The lowest BCUT2D eigenvalue weighted by Gasteiger charge is -2.27. The van der Waals surface area contributed by atoms with Gasteiger partial charge in [-0.15, -0.1) is 0 Å². The van der Waals surface area contributed by atoms with E-state index in [4.69, 9.17) is 0 Å². The third-order valence-electron chi connectivity index (χ3n) is 4.45. The molecular formula is C14H18. The summed E-state index contributed by atoms with van der Waals surface area (Å²) in [7, 11) is 0. The first-order valence-corrected chi connectivity index (χ1v) is 5.86. The number of hydrogen-bond acceptors (Lipinski definition) is 0. The molecule has 0 amide bonds. The van der Waals surface area contributed by atoms with Crippen LogP contribution < -0.4 is 0 Å². The van der Waals surface area contributed by atoms with Gasteiger partial charge >= 0.3 is 0 Å². The second-order valence-corrected chi connectivity index (χ2v) is 5.29. The SMILES string of the molecule is C[C@@]1(c2ccccc2)C[C@H]1C1CCC1. The maximum atomic E-state index is 2.45. The van der Waals surface area contributed by atoms with Crippen molar-refractivity contribution in [3.8, 4) is 0 Å². The van der Waals surface area contributed by atoms with Gasteiger partial charge in [0.1, 0.15) is 0 Å². The van der Waals surface area contributed by atoms with Gasteiger partial charge in [0.25, 0.3) is 0 Å². The Morgan fingerprint density at radius 3 is 2.43 bits per heavy atom. The Balaban J connectivity index is 1.80. The van der Waals surface area contributed by atoms with E-state index in [9.17, 15) is 0 Å². The second kappa shape index (κ2) is 2.85. The van der Waals surface area contributed by atoms with E-state index in [1.54, 1.807) is 5.56 Å². The standard InChI is InChI=1S/C14H18/c1-14(12-8-3-2-4-9-12)10-13(14)11-6-5-7-11/h2-4,8-9,11,13H,5-7,10H2,1H3/t13-,14-/m0/s1. The smallest absolute Gasteiger partial charge is 0.00410 e. The average Bonchev–Trinajstić information content (AvgIpc) is 2.78. The fourth-order valence-corrected chi connectivity index (χ4v) is 3.08. The van der Waals surface area contributed by atoms with Crippen molar-refractivity contribution in [3.63, 3.8) is 0 Å². The third-order valence-corrected chi connectivity index (χ3v) is 4.45. The van der Waals surface area contributed by atoms with Crippen LogP contribution in [0.4, 0.5) is 0 Å². The van der Waals surface area contributed by atoms with Gasteiger partial charge in [-0.25, -0.2) is 0 Å². The molecule has 0 heteroatoms. The Kier molecular flexibility index (Phi) is 1.74. The summed E-state index contributed by atoms with van der Waals surface area (Å²) in [4.78, 5) is 0. The molecule has 3 rings (SSSR count). The van der Waals surface area contributed by atoms with Crippen molar-refractivity contribution >= 4 is 0 Å². The third kappa shape index (κ3) is 1.13. The fourth-order valence-electron chi connectivity index (χ4n) is 3.08. The van der Waals surface area contributed by atoms with Gasteiger partial charge in [-0.3, -0.25) is 0 Å². The molecule has 0 nitrogen and oxygen atoms in total. The van der Waals surface area contributed by atoms with Crippen molar-refractivity contribution in [2.75, 3.05) is 0 Å². The molecule has 0 aliphatic heterocycles. The zero-order chi connectivity index (χ0) is 9.60. The Hall–Kier alpha value is -0.780. The summed E-state index contributed by atoms with van der Waals surface area (Å²) in [6.07, 6.45) is 5.90. The zero-order valence-electron chi connectivity index (χ0n) is 8.87. The highest BCUT2D eigenvalue weighted by Gasteiger charge is 2.55. The largest absolute Gasteiger partial charge is 0.0622 e. The summed E-state index contributed by atoms with van der Waals surface area (Å²) in [5.74, 6) is 2.05. The van der Waals surface area contributed by atoms with Crippen LogP contribution >= 0.6 is 0 Å². The minimum atomic E-state index is 0.534. The molecule has 0 N–H and O–H groups in total. The van der Waals surface area contributed by atoms with Crippen LogP contribution in [-0.4, -0.2) is 0 Å². The Bertz CT molecular complexity index is 323. The van der Waals surface area contributed by atoms with Crippen LogP contribution in [0.25, 0.3) is 0 Å². The molecule has 2 aliphatic carbocycles. The summed E-state index contributed by atoms with van der Waals surface area (Å²) < 4.78 is 0. The zero-order valence-corrected chi connectivity index (χ0v) is 8.87. The van der Waals surface area contributed by atoms with E-state index < -0.39 is 0 Å². The highest BCUT2D eigenvalue weighted by molar-refractivity contribution is 5.33. The van der Waals surface area contributed by atoms with Crippen molar-refractivity contribution in [2.24, 2.45) is 11.8 Å². The maximum Gasteiger partial charge on any atom is -0.00410 e. The molecule has 0 heterocycles. The molecule has 2 aliphatic rings. The molecular weight excluding hydrogens is 168 g/mol. The van der Waals surface area contributed by atoms with Crippen LogP contribution in [-0.2, 0) is 5.41 Å². The first-order valence-electron chi connectivity index (χ1n) is 5.86. The van der Waals surface area contributed by atoms with Gasteiger partial charge in [-0.2, -0.15) is 0 Å². The van der Waals surface area contributed by atoms with E-state index in [0.29, 0.717) is 5.41 Å². The summed E-state index contributed by atoms with van der Waals surface area (Å²) >= 11 is 0. The first kappa shape index (κ1) is 8.52. The Morgan fingerprint density at radius 1 is 1.14 bits per heavy atom. The summed E-state index contributed by atoms with van der Waals surface area (Å²) in [5, 5.41) is 0. The minimum absolute atomic E-state index is 0.534. The molecule has 2 saturated carbocycles. The van der Waals surface area contributed by atoms with Crippen molar-refractivity contribution in [2.45, 2.75) is 38.0 Å². The molecule has 0 saturated heterocycles. The molecule has 74 valence electrons. The van der Waals surface area contributed by atoms with Crippen molar-refractivity contribution in [1.82, 2.24) is 0 Å². The van der Waals surface area contributed by atoms with E-state index in [0.717, 1.165) is 11.8 Å². The monoisotopic (exact) mass is 186 g/mol. The topological polar surface area (TPSA) is 0 Å². The summed E-state index contributed by atoms with van der Waals surface area (Å²) in [6.45, 7) is 2.45. The normalized spacial score (nSPS) is 36.5. The molecule has 2 fully saturated rings. The predicted octanol–water partition coefficient (Wildman–Crippen LogP) is 3.76. The van der Waals surface area contributed by atoms with E-state index in [1.165, 1.54) is 25.7 Å². The first-order chi connectivity index (χ1) is 6.81. The van der Waals surface area contributed by atoms with Crippen molar-refractivity contribution in [3.05, 3.63) is 35.9 Å². The summed E-state index contributed by atoms with van der Waals surface area (Å²) in [5.41, 5.74) is 2.10. The van der Waals surface area contributed by atoms with Gasteiger partial charge in [0, 0.05) is 0 Å². The molecule has 14 heavy (non-hydrogen) atoms. The van der Waals surface area contributed by atoms with E-state index in [-0.39, 0.29) is 0 Å². The van der Waals surface area contributed by atoms with Crippen LogP contribution in [0.2, 0.25) is 0 Å². The van der Waals surface area contributed by atoms with Crippen LogP contribution in [0.3, 0.4) is 0 Å². The molecule has 0 aromatic heterocycles. The van der Waals surface area contributed by atoms with Gasteiger partial charge in [0.05, 0.1) is 0 Å². The van der Waals surface area contributed by atoms with Gasteiger partial charge < -0.3 is 0 Å². The lowest BCUT2D eigenvalue weighted by Crippen LogP contribution is -2.18. The average molecular weight is 186 g/mol. The minimum Gasteiger partial charge on any atom is -0.0622 e. The molecule has 0 bridgehead atoms. The lowest BCUT2D eigenvalue weighted by molar-refractivity contribution is 0.261. The molecule has 0 unspecified atom stereocenters. The lowest BCUT2D eigenvalue weighted by atomic mass is 9.78. The van der Waals surface area contributed by atoms with Gasteiger partial charge in [0.2, 0.25) is 0 Å². The summed E-state index contributed by atoms with van der Waals surface area (Å²) in [6, 6.07) is 11.1. The molecule has 0 spiro atoms. The van der Waals surface area contributed by atoms with Crippen molar-refractivity contribution in [1.29, 1.82) is 0 Å². The van der Waals surface area contributed by atoms with Crippen LogP contribution in [0.15, 0.2) is 30.3 Å². The van der Waals surface area contributed by atoms with E-state index in [2.05, 4.69) is 37.3 Å². The molecule has 0 radical (unpaired) electrons. The van der Waals surface area contributed by atoms with Gasteiger partial charge in [-0.05, 0) is 29.2 Å². The Morgan fingerprint density at radius 2 is 1.86 bits per heavy atom. The molecule has 2 atom stereocenters. The number of benzene rings is 1. The molecule has 1 aromatic rings. The van der Waals surface area contributed by atoms with Gasteiger partial charge in [-0.1, -0.05) is 56.5 Å². The van der Waals surface area contributed by atoms with Crippen molar-refractivity contribution < 1.29 is 0 Å². The Labute approximate surface area is 86.3 Å². The predicted molar refractivity (Wildman–Crippen MR) is 59.2 cm³/mol. The quantitative estimate of drug-likeness (QED) is 0.659. The number of hydrogen-bond donors (Lipinski definition) is 0. The highest BCUT2D eigenvalue weighted by atomic mass is 14.6. The van der Waals surface area contributed by atoms with Crippen LogP contribution in [0.1, 0.15) is 38.2 Å². The number of rotatable bonds is 2. The van der Waals surface area contributed by atoms with Gasteiger partial charge in [0.15, 0.2) is 0 Å². The molecule has 1 aromatic carbocycles. The van der Waals surface area contributed by atoms with Crippen LogP contribution in [0, 0.1) is 11.8 Å². The van der Waals surface area contributed by atoms with E-state index >= 15 is 0 Å². The fraction of sp³-hybridized carbons (Fsp3) is 0.571.